The lowest BCUT2D eigenvalue weighted by atomic mass is 10.1. The largest absolute Gasteiger partial charge is 0.330 e. The maximum absolute atomic E-state index is 11.6. The molecule has 0 radical (unpaired) electrons. The summed E-state index contributed by atoms with van der Waals surface area (Å²) in [6, 6.07) is 8.20. The molecule has 0 spiro atoms. The lowest BCUT2D eigenvalue weighted by molar-refractivity contribution is 0.244. The molecule has 3 rings (SSSR count). The Hall–Kier alpha value is -1.85. The minimum atomic E-state index is -0.0933. The number of benzene rings is 1. The predicted molar refractivity (Wildman–Crippen MR) is 79.4 cm³/mol. The maximum Gasteiger partial charge on any atom is 0.330 e. The molecule has 0 atom stereocenters. The van der Waals surface area contributed by atoms with E-state index >= 15 is 0 Å². The predicted octanol–water partition coefficient (Wildman–Crippen LogP) is 0.613. The van der Waals surface area contributed by atoms with Crippen LogP contribution in [-0.4, -0.2) is 47.2 Å². The van der Waals surface area contributed by atoms with E-state index in [1.54, 1.807) is 17.0 Å². The molecule has 5 nitrogen and oxygen atoms in total. The fourth-order valence-electron chi connectivity index (χ4n) is 2.61. The van der Waals surface area contributed by atoms with Crippen molar-refractivity contribution in [1.82, 2.24) is 19.8 Å². The number of aromatic nitrogens is 2. The molecule has 1 aliphatic rings. The van der Waals surface area contributed by atoms with E-state index in [2.05, 4.69) is 27.3 Å². The van der Waals surface area contributed by atoms with Crippen molar-refractivity contribution in [3.05, 3.63) is 52.7 Å². The van der Waals surface area contributed by atoms with Gasteiger partial charge < -0.3 is 15.2 Å². The highest BCUT2D eigenvalue weighted by molar-refractivity contribution is 5.35. The van der Waals surface area contributed by atoms with Crippen molar-refractivity contribution in [3.8, 4) is 5.69 Å². The van der Waals surface area contributed by atoms with Crippen LogP contribution in [-0.2, 0) is 6.42 Å². The number of piperazine rings is 1. The fraction of sp³-hybridized carbons (Fsp3) is 0.400. The topological polar surface area (TPSA) is 53.1 Å². The second-order valence-corrected chi connectivity index (χ2v) is 5.15. The van der Waals surface area contributed by atoms with Crippen molar-refractivity contribution < 1.29 is 0 Å². The number of rotatable bonds is 4. The minimum absolute atomic E-state index is 0.0933. The summed E-state index contributed by atoms with van der Waals surface area (Å²) in [5.41, 5.74) is 2.10. The van der Waals surface area contributed by atoms with Gasteiger partial charge in [-0.25, -0.2) is 4.79 Å². The van der Waals surface area contributed by atoms with E-state index in [-0.39, 0.29) is 5.69 Å². The van der Waals surface area contributed by atoms with Crippen LogP contribution in [0.25, 0.3) is 5.69 Å². The van der Waals surface area contributed by atoms with Crippen molar-refractivity contribution >= 4 is 0 Å². The van der Waals surface area contributed by atoms with Gasteiger partial charge in [-0.15, -0.1) is 0 Å². The third kappa shape index (κ3) is 3.00. The zero-order chi connectivity index (χ0) is 13.8. The van der Waals surface area contributed by atoms with Crippen molar-refractivity contribution in [1.29, 1.82) is 0 Å². The molecule has 1 aromatic carbocycles. The number of nitrogens with one attached hydrogen (secondary N) is 2. The standard InChI is InChI=1S/C15H20N4O/c20-15-17-7-11-19(15)14-3-1-2-13(12-14)4-8-18-9-5-16-6-10-18/h1-3,7,11-12,16H,4-6,8-10H2,(H,17,20). The van der Waals surface area contributed by atoms with E-state index in [4.69, 9.17) is 0 Å². The first-order valence-electron chi connectivity index (χ1n) is 7.11. The molecule has 0 saturated carbocycles. The highest BCUT2D eigenvalue weighted by Gasteiger charge is 2.09. The molecular weight excluding hydrogens is 252 g/mol. The first-order valence-corrected chi connectivity index (χ1v) is 7.11. The molecule has 0 unspecified atom stereocenters. The van der Waals surface area contributed by atoms with Gasteiger partial charge in [0.25, 0.3) is 0 Å². The molecule has 20 heavy (non-hydrogen) atoms. The molecule has 5 heteroatoms. The number of imidazole rings is 1. The smallest absolute Gasteiger partial charge is 0.314 e. The molecule has 0 bridgehead atoms. The van der Waals surface area contributed by atoms with Gasteiger partial charge in [-0.1, -0.05) is 12.1 Å². The van der Waals surface area contributed by atoms with Gasteiger partial charge in [0, 0.05) is 45.1 Å². The van der Waals surface area contributed by atoms with Crippen molar-refractivity contribution in [2.24, 2.45) is 0 Å². The van der Waals surface area contributed by atoms with Gasteiger partial charge in [0.05, 0.1) is 5.69 Å². The summed E-state index contributed by atoms with van der Waals surface area (Å²) in [7, 11) is 0. The summed E-state index contributed by atoms with van der Waals surface area (Å²) < 4.78 is 1.63. The van der Waals surface area contributed by atoms with Crippen LogP contribution in [0.5, 0.6) is 0 Å². The second kappa shape index (κ2) is 6.07. The summed E-state index contributed by atoms with van der Waals surface area (Å²) in [5.74, 6) is 0. The molecule has 0 aliphatic carbocycles. The van der Waals surface area contributed by atoms with Crippen LogP contribution < -0.4 is 11.0 Å². The quantitative estimate of drug-likeness (QED) is 0.857. The number of H-pyrrole nitrogens is 1. The lowest BCUT2D eigenvalue weighted by Crippen LogP contribution is -2.44. The zero-order valence-corrected chi connectivity index (χ0v) is 11.5. The molecule has 2 aromatic rings. The average Bonchev–Trinajstić information content (AvgIpc) is 2.93. The van der Waals surface area contributed by atoms with Crippen molar-refractivity contribution in [2.75, 3.05) is 32.7 Å². The molecule has 2 heterocycles. The van der Waals surface area contributed by atoms with Gasteiger partial charge in [-0.2, -0.15) is 0 Å². The van der Waals surface area contributed by atoms with Gasteiger partial charge in [0.2, 0.25) is 0 Å². The van der Waals surface area contributed by atoms with E-state index in [0.717, 1.165) is 44.8 Å². The van der Waals surface area contributed by atoms with Gasteiger partial charge in [-0.05, 0) is 24.1 Å². The van der Waals surface area contributed by atoms with Crippen molar-refractivity contribution in [2.45, 2.75) is 6.42 Å². The molecule has 1 fully saturated rings. The van der Waals surface area contributed by atoms with Crippen LogP contribution in [0.2, 0.25) is 0 Å². The molecule has 0 amide bonds. The summed E-state index contributed by atoms with van der Waals surface area (Å²) in [5, 5.41) is 3.36. The van der Waals surface area contributed by atoms with Gasteiger partial charge in [-0.3, -0.25) is 4.57 Å². The van der Waals surface area contributed by atoms with Crippen LogP contribution in [0.1, 0.15) is 5.56 Å². The Morgan fingerprint density at radius 2 is 2.05 bits per heavy atom. The normalized spacial score (nSPS) is 16.4. The van der Waals surface area contributed by atoms with E-state index < -0.39 is 0 Å². The van der Waals surface area contributed by atoms with Gasteiger partial charge in [0.15, 0.2) is 0 Å². The first kappa shape index (κ1) is 13.1. The van der Waals surface area contributed by atoms with Crippen LogP contribution in [0.3, 0.4) is 0 Å². The third-order valence-corrected chi connectivity index (χ3v) is 3.76. The zero-order valence-electron chi connectivity index (χ0n) is 11.5. The van der Waals surface area contributed by atoms with Gasteiger partial charge in [0.1, 0.15) is 0 Å². The molecule has 1 aromatic heterocycles. The summed E-state index contributed by atoms with van der Waals surface area (Å²) in [6.45, 7) is 5.48. The summed E-state index contributed by atoms with van der Waals surface area (Å²) >= 11 is 0. The van der Waals surface area contributed by atoms with Crippen LogP contribution in [0.15, 0.2) is 41.5 Å². The highest BCUT2D eigenvalue weighted by Crippen LogP contribution is 2.10. The van der Waals surface area contributed by atoms with Crippen LogP contribution >= 0.6 is 0 Å². The number of nitrogens with zero attached hydrogens (tertiary/aromatic N) is 2. The number of hydrogen-bond donors (Lipinski definition) is 2. The van der Waals surface area contributed by atoms with Crippen LogP contribution in [0.4, 0.5) is 0 Å². The molecule has 2 N–H and O–H groups in total. The van der Waals surface area contributed by atoms with Gasteiger partial charge >= 0.3 is 5.69 Å². The third-order valence-electron chi connectivity index (χ3n) is 3.76. The summed E-state index contributed by atoms with van der Waals surface area (Å²) in [6.07, 6.45) is 4.44. The Morgan fingerprint density at radius 1 is 1.20 bits per heavy atom. The monoisotopic (exact) mass is 272 g/mol. The SMILES string of the molecule is O=c1[nH]ccn1-c1cccc(CCN2CCNCC2)c1. The molecular formula is C15H20N4O. The fourth-order valence-corrected chi connectivity index (χ4v) is 2.61. The Labute approximate surface area is 118 Å². The Bertz CT molecular complexity index is 610. The first-order chi connectivity index (χ1) is 9.83. The molecule has 106 valence electrons. The van der Waals surface area contributed by atoms with E-state index in [1.807, 2.05) is 12.1 Å². The average molecular weight is 272 g/mol. The Kier molecular flexibility index (Phi) is 3.99. The Morgan fingerprint density at radius 3 is 2.80 bits per heavy atom. The number of aromatic amines is 1. The second-order valence-electron chi connectivity index (χ2n) is 5.15. The summed E-state index contributed by atoms with van der Waals surface area (Å²) in [4.78, 5) is 16.8. The Balaban J connectivity index is 1.68. The maximum atomic E-state index is 11.6. The van der Waals surface area contributed by atoms with E-state index in [1.165, 1.54) is 5.56 Å². The van der Waals surface area contributed by atoms with Crippen LogP contribution in [0, 0.1) is 0 Å². The van der Waals surface area contributed by atoms with E-state index in [9.17, 15) is 4.79 Å². The highest BCUT2D eigenvalue weighted by atomic mass is 16.1. The number of hydrogen-bond acceptors (Lipinski definition) is 3. The van der Waals surface area contributed by atoms with Crippen molar-refractivity contribution in [3.63, 3.8) is 0 Å². The molecule has 1 aliphatic heterocycles. The molecule has 1 saturated heterocycles. The lowest BCUT2D eigenvalue weighted by Gasteiger charge is -2.27. The minimum Gasteiger partial charge on any atom is -0.314 e. The van der Waals surface area contributed by atoms with E-state index in [0.29, 0.717) is 0 Å².